The molecule has 1 aliphatic rings. The van der Waals surface area contributed by atoms with E-state index in [1.54, 1.807) is 6.08 Å². The van der Waals surface area contributed by atoms with Crippen LogP contribution in [-0.4, -0.2) is 53.1 Å². The summed E-state index contributed by atoms with van der Waals surface area (Å²) in [7, 11) is 0. The Morgan fingerprint density at radius 2 is 2.17 bits per heavy atom. The highest BCUT2D eigenvalue weighted by atomic mass is 16.5. The number of hydrogen-bond donors (Lipinski definition) is 1. The first-order chi connectivity index (χ1) is 11.0. The zero-order chi connectivity index (χ0) is 16.7. The van der Waals surface area contributed by atoms with Crippen molar-refractivity contribution in [3.63, 3.8) is 0 Å². The van der Waals surface area contributed by atoms with Crippen LogP contribution in [0.25, 0.3) is 0 Å². The zero-order valence-corrected chi connectivity index (χ0v) is 14.2. The summed E-state index contributed by atoms with van der Waals surface area (Å²) in [5.74, 6) is 0.759. The molecule has 0 unspecified atom stereocenters. The fourth-order valence-corrected chi connectivity index (χ4v) is 2.53. The van der Waals surface area contributed by atoms with Crippen LogP contribution in [0.15, 0.2) is 24.0 Å². The van der Waals surface area contributed by atoms with Gasteiger partial charge in [-0.25, -0.2) is 9.97 Å². The summed E-state index contributed by atoms with van der Waals surface area (Å²) in [6.07, 6.45) is 6.36. The van der Waals surface area contributed by atoms with Gasteiger partial charge in [-0.1, -0.05) is 5.57 Å². The summed E-state index contributed by atoms with van der Waals surface area (Å²) in [5.41, 5.74) is 2.12. The van der Waals surface area contributed by atoms with E-state index in [2.05, 4.69) is 20.2 Å². The maximum Gasteiger partial charge on any atom is 0.243 e. The molecule has 1 aliphatic heterocycles. The van der Waals surface area contributed by atoms with Gasteiger partial charge >= 0.3 is 0 Å². The third kappa shape index (κ3) is 6.46. The molecule has 0 aromatic carbocycles. The Hall–Kier alpha value is -1.79. The van der Waals surface area contributed by atoms with Gasteiger partial charge in [0.15, 0.2) is 0 Å². The van der Waals surface area contributed by atoms with Gasteiger partial charge in [-0.05, 0) is 27.2 Å². The van der Waals surface area contributed by atoms with E-state index in [9.17, 15) is 4.79 Å². The van der Waals surface area contributed by atoms with Crippen LogP contribution >= 0.6 is 0 Å². The molecule has 1 amide bonds. The highest BCUT2D eigenvalue weighted by molar-refractivity contribution is 5.87. The first-order valence-electron chi connectivity index (χ1n) is 8.07. The average Bonchev–Trinajstić information content (AvgIpc) is 2.49. The van der Waals surface area contributed by atoms with Crippen molar-refractivity contribution in [3.8, 4) is 0 Å². The fraction of sp³-hybridized carbons (Fsp3) is 0.588. The van der Waals surface area contributed by atoms with Crippen molar-refractivity contribution in [3.05, 3.63) is 35.4 Å². The van der Waals surface area contributed by atoms with Gasteiger partial charge in [0.05, 0.1) is 12.7 Å². The van der Waals surface area contributed by atoms with E-state index >= 15 is 0 Å². The third-order valence-electron chi connectivity index (χ3n) is 3.65. The Bertz CT molecular complexity index is 538. The van der Waals surface area contributed by atoms with E-state index < -0.39 is 0 Å². The zero-order valence-electron chi connectivity index (χ0n) is 14.2. The molecule has 0 bridgehead atoms. The monoisotopic (exact) mass is 318 g/mol. The summed E-state index contributed by atoms with van der Waals surface area (Å²) in [5, 5.41) is 2.90. The lowest BCUT2D eigenvalue weighted by Gasteiger charge is -2.32. The number of carbonyl (C=O) groups excluding carboxylic acids is 1. The number of amides is 1. The van der Waals surface area contributed by atoms with Gasteiger partial charge in [-0.2, -0.15) is 0 Å². The van der Waals surface area contributed by atoms with Crippen LogP contribution in [0.5, 0.6) is 0 Å². The largest absolute Gasteiger partial charge is 0.375 e. The first kappa shape index (κ1) is 17.6. The minimum atomic E-state index is -0.0329. The quantitative estimate of drug-likeness (QED) is 0.804. The highest BCUT2D eigenvalue weighted by Gasteiger charge is 2.20. The van der Waals surface area contributed by atoms with E-state index in [1.165, 1.54) is 0 Å². The summed E-state index contributed by atoms with van der Waals surface area (Å²) in [6.45, 7) is 9.68. The topological polar surface area (TPSA) is 67.4 Å². The molecule has 0 saturated carbocycles. The summed E-state index contributed by atoms with van der Waals surface area (Å²) < 4.78 is 5.79. The number of aromatic nitrogens is 2. The second-order valence-corrected chi connectivity index (χ2v) is 6.17. The van der Waals surface area contributed by atoms with E-state index in [4.69, 9.17) is 4.74 Å². The smallest absolute Gasteiger partial charge is 0.243 e. The van der Waals surface area contributed by atoms with Gasteiger partial charge in [0.2, 0.25) is 5.91 Å². The minimum absolute atomic E-state index is 0.0329. The highest BCUT2D eigenvalue weighted by Crippen LogP contribution is 2.11. The molecular weight excluding hydrogens is 292 g/mol. The maximum absolute atomic E-state index is 11.6. The van der Waals surface area contributed by atoms with Crippen molar-refractivity contribution in [2.75, 3.05) is 26.2 Å². The Labute approximate surface area is 138 Å². The molecule has 1 aromatic heterocycles. The van der Waals surface area contributed by atoms with Crippen molar-refractivity contribution < 1.29 is 9.53 Å². The molecule has 1 atom stereocenters. The maximum atomic E-state index is 11.6. The number of nitrogens with one attached hydrogen (secondary N) is 1. The molecule has 0 radical (unpaired) electrons. The van der Waals surface area contributed by atoms with Gasteiger partial charge in [-0.15, -0.1) is 0 Å². The molecule has 6 heteroatoms. The van der Waals surface area contributed by atoms with Gasteiger partial charge in [-0.3, -0.25) is 9.69 Å². The van der Waals surface area contributed by atoms with Crippen LogP contribution in [0, 0.1) is 6.92 Å². The summed E-state index contributed by atoms with van der Waals surface area (Å²) >= 11 is 0. The molecule has 1 aromatic rings. The van der Waals surface area contributed by atoms with E-state index in [0.717, 1.165) is 49.6 Å². The number of allylic oxidation sites excluding steroid dienone is 1. The Morgan fingerprint density at radius 1 is 1.43 bits per heavy atom. The molecule has 1 fully saturated rings. The standard InChI is InChI=1S/C17H26N4O2/c1-13(2)8-17(22)18-5-4-16-12-21(6-7-23-16)11-15-9-19-14(3)20-10-15/h8-10,16H,4-7,11-12H2,1-3H3,(H,18,22)/t16-/m0/s1. The van der Waals surface area contributed by atoms with Crippen LogP contribution < -0.4 is 5.32 Å². The lowest BCUT2D eigenvalue weighted by atomic mass is 10.2. The number of ether oxygens (including phenoxy) is 1. The number of nitrogens with zero attached hydrogens (tertiary/aromatic N) is 3. The molecular formula is C17H26N4O2. The Kier molecular flexibility index (Phi) is 6.67. The predicted molar refractivity (Wildman–Crippen MR) is 88.8 cm³/mol. The number of morpholine rings is 1. The molecule has 1 saturated heterocycles. The molecule has 6 nitrogen and oxygen atoms in total. The number of hydrogen-bond acceptors (Lipinski definition) is 5. The van der Waals surface area contributed by atoms with Gasteiger partial charge < -0.3 is 10.1 Å². The summed E-state index contributed by atoms with van der Waals surface area (Å²) in [6, 6.07) is 0. The van der Waals surface area contributed by atoms with Crippen LogP contribution in [-0.2, 0) is 16.1 Å². The van der Waals surface area contributed by atoms with Crippen LogP contribution in [0.2, 0.25) is 0 Å². The summed E-state index contributed by atoms with van der Waals surface area (Å²) in [4.78, 5) is 22.4. The van der Waals surface area contributed by atoms with Crippen molar-refractivity contribution >= 4 is 5.91 Å². The van der Waals surface area contributed by atoms with E-state index in [0.29, 0.717) is 6.54 Å². The minimum Gasteiger partial charge on any atom is -0.375 e. The Balaban J connectivity index is 1.74. The van der Waals surface area contributed by atoms with E-state index in [1.807, 2.05) is 33.2 Å². The SMILES string of the molecule is CC(C)=CC(=O)NCC[C@H]1CN(Cc2cnc(C)nc2)CCO1. The molecule has 2 heterocycles. The molecule has 1 N–H and O–H groups in total. The molecule has 126 valence electrons. The first-order valence-corrected chi connectivity index (χ1v) is 8.07. The second kappa shape index (κ2) is 8.74. The van der Waals surface area contributed by atoms with Gasteiger partial charge in [0, 0.05) is 50.2 Å². The van der Waals surface area contributed by atoms with Crippen LogP contribution in [0.3, 0.4) is 0 Å². The van der Waals surface area contributed by atoms with Crippen molar-refractivity contribution in [1.29, 1.82) is 0 Å². The van der Waals surface area contributed by atoms with Crippen molar-refractivity contribution in [1.82, 2.24) is 20.2 Å². The molecule has 23 heavy (non-hydrogen) atoms. The Morgan fingerprint density at radius 3 is 2.87 bits per heavy atom. The molecule has 0 spiro atoms. The van der Waals surface area contributed by atoms with Crippen LogP contribution in [0.4, 0.5) is 0 Å². The lowest BCUT2D eigenvalue weighted by molar-refractivity contribution is -0.116. The number of rotatable bonds is 6. The lowest BCUT2D eigenvalue weighted by Crippen LogP contribution is -2.43. The normalized spacial score (nSPS) is 18.5. The number of carbonyl (C=O) groups is 1. The van der Waals surface area contributed by atoms with Crippen molar-refractivity contribution in [2.24, 2.45) is 0 Å². The third-order valence-corrected chi connectivity index (χ3v) is 3.65. The van der Waals surface area contributed by atoms with Crippen LogP contribution in [0.1, 0.15) is 31.7 Å². The molecule has 2 rings (SSSR count). The fourth-order valence-electron chi connectivity index (χ4n) is 2.53. The van der Waals surface area contributed by atoms with Gasteiger partial charge in [0.1, 0.15) is 5.82 Å². The number of aryl methyl sites for hydroxylation is 1. The predicted octanol–water partition coefficient (Wildman–Crippen LogP) is 1.46. The second-order valence-electron chi connectivity index (χ2n) is 6.17. The van der Waals surface area contributed by atoms with Crippen molar-refractivity contribution in [2.45, 2.75) is 39.8 Å². The average molecular weight is 318 g/mol. The van der Waals surface area contributed by atoms with E-state index in [-0.39, 0.29) is 12.0 Å². The van der Waals surface area contributed by atoms with Gasteiger partial charge in [0.25, 0.3) is 0 Å². The molecule has 0 aliphatic carbocycles.